The second-order valence-corrected chi connectivity index (χ2v) is 7.34. The predicted molar refractivity (Wildman–Crippen MR) is 91.7 cm³/mol. The van der Waals surface area contributed by atoms with Gasteiger partial charge in [-0.25, -0.2) is 4.83 Å². The van der Waals surface area contributed by atoms with Crippen LogP contribution in [0.25, 0.3) is 0 Å². The SMILES string of the molecule is COc1cc(/C=N/NS(=O)(=O)c2ccc(Br)cc2)cc(Cl)c1O. The molecule has 2 aromatic carbocycles. The number of hydrazone groups is 1. The Morgan fingerprint density at radius 1 is 1.30 bits per heavy atom. The maximum Gasteiger partial charge on any atom is 0.276 e. The van der Waals surface area contributed by atoms with E-state index in [-0.39, 0.29) is 21.4 Å². The molecular weight excluding hydrogens is 408 g/mol. The molecule has 122 valence electrons. The minimum atomic E-state index is -3.76. The van der Waals surface area contributed by atoms with Crippen molar-refractivity contribution in [2.24, 2.45) is 5.10 Å². The van der Waals surface area contributed by atoms with Crippen LogP contribution in [0.4, 0.5) is 0 Å². The number of hydrogen-bond donors (Lipinski definition) is 2. The molecule has 2 aromatic rings. The van der Waals surface area contributed by atoms with Gasteiger partial charge in [-0.3, -0.25) is 0 Å². The molecule has 0 aromatic heterocycles. The summed E-state index contributed by atoms with van der Waals surface area (Å²) in [6.45, 7) is 0. The minimum Gasteiger partial charge on any atom is -0.503 e. The molecule has 23 heavy (non-hydrogen) atoms. The number of rotatable bonds is 5. The molecule has 0 spiro atoms. The molecule has 0 aliphatic rings. The number of phenols is 1. The van der Waals surface area contributed by atoms with E-state index in [0.29, 0.717) is 5.56 Å². The molecule has 0 heterocycles. The standard InChI is InChI=1S/C14H12BrClN2O4S/c1-22-13-7-9(6-12(16)14(13)19)8-17-18-23(20,21)11-4-2-10(15)3-5-11/h2-8,18-19H,1H3/b17-8+. The zero-order chi connectivity index (χ0) is 17.0. The third kappa shape index (κ3) is 4.37. The van der Waals surface area contributed by atoms with Gasteiger partial charge in [-0.2, -0.15) is 13.5 Å². The van der Waals surface area contributed by atoms with E-state index in [1.165, 1.54) is 37.6 Å². The van der Waals surface area contributed by atoms with Crippen LogP contribution in [0, 0.1) is 0 Å². The second-order valence-electron chi connectivity index (χ2n) is 4.36. The normalized spacial score (nSPS) is 11.6. The summed E-state index contributed by atoms with van der Waals surface area (Å²) < 4.78 is 29.8. The number of halogens is 2. The van der Waals surface area contributed by atoms with E-state index in [4.69, 9.17) is 16.3 Å². The number of nitrogens with one attached hydrogen (secondary N) is 1. The quantitative estimate of drug-likeness (QED) is 0.576. The van der Waals surface area contributed by atoms with Crippen LogP contribution in [0.2, 0.25) is 5.02 Å². The average Bonchev–Trinajstić information content (AvgIpc) is 2.51. The van der Waals surface area contributed by atoms with Crippen molar-refractivity contribution in [3.63, 3.8) is 0 Å². The van der Waals surface area contributed by atoms with Crippen molar-refractivity contribution < 1.29 is 18.3 Å². The van der Waals surface area contributed by atoms with Gasteiger partial charge in [0, 0.05) is 4.47 Å². The lowest BCUT2D eigenvalue weighted by molar-refractivity contribution is 0.373. The average molecular weight is 420 g/mol. The van der Waals surface area contributed by atoms with E-state index >= 15 is 0 Å². The number of aromatic hydroxyl groups is 1. The van der Waals surface area contributed by atoms with Gasteiger partial charge >= 0.3 is 0 Å². The summed E-state index contributed by atoms with van der Waals surface area (Å²) >= 11 is 9.07. The summed E-state index contributed by atoms with van der Waals surface area (Å²) in [6, 6.07) is 9.02. The molecule has 2 N–H and O–H groups in total. The van der Waals surface area contributed by atoms with Crippen molar-refractivity contribution in [1.29, 1.82) is 0 Å². The van der Waals surface area contributed by atoms with Crippen LogP contribution in [0.15, 0.2) is 50.9 Å². The number of nitrogens with zero attached hydrogens (tertiary/aromatic N) is 1. The molecule has 2 rings (SSSR count). The molecule has 9 heteroatoms. The summed E-state index contributed by atoms with van der Waals surface area (Å²) in [7, 11) is -2.39. The van der Waals surface area contributed by atoms with Crippen LogP contribution < -0.4 is 9.57 Å². The number of benzene rings is 2. The van der Waals surface area contributed by atoms with Gasteiger partial charge in [-0.05, 0) is 42.0 Å². The predicted octanol–water partition coefficient (Wildman–Crippen LogP) is 3.13. The Morgan fingerprint density at radius 3 is 2.57 bits per heavy atom. The van der Waals surface area contributed by atoms with Gasteiger partial charge < -0.3 is 9.84 Å². The fraction of sp³-hybridized carbons (Fsp3) is 0.0714. The number of phenolic OH excluding ortho intramolecular Hbond substituents is 1. The molecule has 0 saturated carbocycles. The van der Waals surface area contributed by atoms with Gasteiger partial charge in [0.2, 0.25) is 0 Å². The van der Waals surface area contributed by atoms with Crippen molar-refractivity contribution in [2.45, 2.75) is 4.90 Å². The van der Waals surface area contributed by atoms with Gasteiger partial charge in [-0.1, -0.05) is 27.5 Å². The van der Waals surface area contributed by atoms with E-state index in [1.807, 2.05) is 0 Å². The first kappa shape index (κ1) is 17.6. The molecule has 6 nitrogen and oxygen atoms in total. The highest BCUT2D eigenvalue weighted by molar-refractivity contribution is 9.10. The Labute approximate surface area is 146 Å². The van der Waals surface area contributed by atoms with Crippen molar-refractivity contribution in [2.75, 3.05) is 7.11 Å². The molecule has 0 bridgehead atoms. The summed E-state index contributed by atoms with van der Waals surface area (Å²) in [6.07, 6.45) is 1.25. The third-order valence-electron chi connectivity index (χ3n) is 2.78. The van der Waals surface area contributed by atoms with Crippen LogP contribution in [0.5, 0.6) is 11.5 Å². The Kier molecular flexibility index (Phi) is 5.51. The number of ether oxygens (including phenoxy) is 1. The minimum absolute atomic E-state index is 0.0709. The molecule has 0 radical (unpaired) electrons. The molecule has 0 aliphatic carbocycles. The molecule has 0 atom stereocenters. The Bertz CT molecular complexity index is 839. The van der Waals surface area contributed by atoms with E-state index in [1.54, 1.807) is 12.1 Å². The van der Waals surface area contributed by atoms with Crippen LogP contribution >= 0.6 is 27.5 Å². The van der Waals surface area contributed by atoms with Crippen molar-refractivity contribution in [3.05, 3.63) is 51.5 Å². The third-order valence-corrected chi connectivity index (χ3v) is 4.84. The van der Waals surface area contributed by atoms with Crippen LogP contribution in [-0.2, 0) is 10.0 Å². The van der Waals surface area contributed by atoms with Gasteiger partial charge in [0.25, 0.3) is 10.0 Å². The first-order valence-electron chi connectivity index (χ1n) is 6.20. The maximum atomic E-state index is 12.0. The van der Waals surface area contributed by atoms with Gasteiger partial charge in [-0.15, -0.1) is 0 Å². The Hall–Kier alpha value is -1.77. The summed E-state index contributed by atoms with van der Waals surface area (Å²) in [5.41, 5.74) is 0.461. The molecule has 0 aliphatic heterocycles. The number of hydrogen-bond acceptors (Lipinski definition) is 5. The lowest BCUT2D eigenvalue weighted by Crippen LogP contribution is -2.18. The van der Waals surface area contributed by atoms with Gasteiger partial charge in [0.1, 0.15) is 0 Å². The van der Waals surface area contributed by atoms with Crippen LogP contribution in [-0.4, -0.2) is 26.8 Å². The lowest BCUT2D eigenvalue weighted by Gasteiger charge is -2.06. The topological polar surface area (TPSA) is 88.0 Å². The fourth-order valence-corrected chi connectivity index (χ4v) is 2.94. The van der Waals surface area contributed by atoms with Crippen LogP contribution in [0.3, 0.4) is 0 Å². The second kappa shape index (κ2) is 7.20. The monoisotopic (exact) mass is 418 g/mol. The highest BCUT2D eigenvalue weighted by atomic mass is 79.9. The zero-order valence-corrected chi connectivity index (χ0v) is 15.0. The summed E-state index contributed by atoms with van der Waals surface area (Å²) in [4.78, 5) is 2.18. The van der Waals surface area contributed by atoms with E-state index in [0.717, 1.165) is 4.47 Å². The largest absolute Gasteiger partial charge is 0.503 e. The van der Waals surface area contributed by atoms with Crippen LogP contribution in [0.1, 0.15) is 5.56 Å². The summed E-state index contributed by atoms with van der Waals surface area (Å²) in [5.74, 6) is -0.0310. The molecule has 0 unspecified atom stereocenters. The van der Waals surface area contributed by atoms with Gasteiger partial charge in [0.15, 0.2) is 11.5 Å². The summed E-state index contributed by atoms with van der Waals surface area (Å²) in [5, 5.41) is 13.4. The highest BCUT2D eigenvalue weighted by Crippen LogP contribution is 2.34. The lowest BCUT2D eigenvalue weighted by atomic mass is 10.2. The molecule has 0 amide bonds. The molecule has 0 saturated heterocycles. The maximum absolute atomic E-state index is 12.0. The van der Waals surface area contributed by atoms with Gasteiger partial charge in [0.05, 0.1) is 23.2 Å². The first-order chi connectivity index (χ1) is 10.8. The smallest absolute Gasteiger partial charge is 0.276 e. The zero-order valence-electron chi connectivity index (χ0n) is 11.8. The number of methoxy groups -OCH3 is 1. The number of sulfonamides is 1. The fourth-order valence-electron chi connectivity index (χ4n) is 1.66. The first-order valence-corrected chi connectivity index (χ1v) is 8.86. The van der Waals surface area contributed by atoms with E-state index < -0.39 is 10.0 Å². The van der Waals surface area contributed by atoms with Crippen molar-refractivity contribution >= 4 is 43.8 Å². The van der Waals surface area contributed by atoms with Crippen molar-refractivity contribution in [3.8, 4) is 11.5 Å². The molecular formula is C14H12BrClN2O4S. The van der Waals surface area contributed by atoms with E-state index in [9.17, 15) is 13.5 Å². The van der Waals surface area contributed by atoms with E-state index in [2.05, 4.69) is 25.9 Å². The highest BCUT2D eigenvalue weighted by Gasteiger charge is 2.12. The van der Waals surface area contributed by atoms with Crippen molar-refractivity contribution in [1.82, 2.24) is 4.83 Å². The Morgan fingerprint density at radius 2 is 1.96 bits per heavy atom. The Balaban J connectivity index is 2.18. The molecule has 0 fully saturated rings.